The Labute approximate surface area is 117 Å². The summed E-state index contributed by atoms with van der Waals surface area (Å²) in [7, 11) is 0. The molecule has 0 bridgehead atoms. The minimum atomic E-state index is -0.934. The largest absolute Gasteiger partial charge is 0.481 e. The highest BCUT2D eigenvalue weighted by molar-refractivity contribution is 5.94. The molecular weight excluding hydrogens is 260 g/mol. The maximum Gasteiger partial charge on any atom is 0.311 e. The second-order valence-corrected chi connectivity index (χ2v) is 4.81. The summed E-state index contributed by atoms with van der Waals surface area (Å²) in [6, 6.07) is 3.14. The Balaban J connectivity index is 2.26. The second-order valence-electron chi connectivity index (χ2n) is 4.81. The van der Waals surface area contributed by atoms with Crippen molar-refractivity contribution in [3.05, 3.63) is 29.6 Å². The monoisotopic (exact) mass is 278 g/mol. The molecule has 2 unspecified atom stereocenters. The topological polar surface area (TPSA) is 79.7 Å². The first-order valence-electron chi connectivity index (χ1n) is 6.59. The highest BCUT2D eigenvalue weighted by Gasteiger charge is 2.40. The number of ether oxygens (including phenoxy) is 1. The number of carboxylic acids is 1. The Bertz CT molecular complexity index is 518. The van der Waals surface area contributed by atoms with Crippen LogP contribution >= 0.6 is 0 Å². The molecule has 0 aliphatic carbocycles. The van der Waals surface area contributed by atoms with E-state index in [0.29, 0.717) is 12.2 Å². The van der Waals surface area contributed by atoms with E-state index in [4.69, 9.17) is 4.74 Å². The fraction of sp³-hybridized carbons (Fsp3) is 0.500. The minimum Gasteiger partial charge on any atom is -0.481 e. The van der Waals surface area contributed by atoms with Gasteiger partial charge in [-0.3, -0.25) is 14.6 Å². The van der Waals surface area contributed by atoms with E-state index in [-0.39, 0.29) is 19.1 Å². The predicted molar refractivity (Wildman–Crippen MR) is 71.4 cm³/mol. The maximum atomic E-state index is 12.6. The van der Waals surface area contributed by atoms with Gasteiger partial charge in [-0.2, -0.15) is 0 Å². The molecule has 1 amide bonds. The number of pyridine rings is 1. The lowest BCUT2D eigenvalue weighted by molar-refractivity contribution is -0.142. The van der Waals surface area contributed by atoms with Gasteiger partial charge in [0.15, 0.2) is 0 Å². The maximum absolute atomic E-state index is 12.6. The van der Waals surface area contributed by atoms with Gasteiger partial charge in [-0.1, -0.05) is 6.07 Å². The molecular formula is C14H18N2O4. The summed E-state index contributed by atoms with van der Waals surface area (Å²) >= 11 is 0. The van der Waals surface area contributed by atoms with E-state index < -0.39 is 17.9 Å². The van der Waals surface area contributed by atoms with Crippen molar-refractivity contribution >= 4 is 11.9 Å². The van der Waals surface area contributed by atoms with Crippen molar-refractivity contribution in [2.45, 2.75) is 19.9 Å². The van der Waals surface area contributed by atoms with Gasteiger partial charge in [-0.15, -0.1) is 0 Å². The minimum absolute atomic E-state index is 0.144. The third-order valence-electron chi connectivity index (χ3n) is 3.58. The summed E-state index contributed by atoms with van der Waals surface area (Å²) < 4.78 is 5.23. The Morgan fingerprint density at radius 3 is 2.85 bits per heavy atom. The van der Waals surface area contributed by atoms with Crippen LogP contribution in [0, 0.1) is 12.8 Å². The number of aliphatic carboxylic acids is 1. The molecule has 1 N–H and O–H groups in total. The third-order valence-corrected chi connectivity index (χ3v) is 3.58. The summed E-state index contributed by atoms with van der Waals surface area (Å²) in [5.41, 5.74) is 1.15. The summed E-state index contributed by atoms with van der Waals surface area (Å²) in [5.74, 6) is -1.85. The number of aromatic nitrogens is 1. The number of likely N-dealkylation sites (N-methyl/N-ethyl adjacent to an activating group) is 1. The number of rotatable bonds is 4. The number of carbonyl (C=O) groups is 2. The fourth-order valence-corrected chi connectivity index (χ4v) is 2.46. The first-order valence-corrected chi connectivity index (χ1v) is 6.59. The molecule has 6 heteroatoms. The summed E-state index contributed by atoms with van der Waals surface area (Å²) in [6.45, 7) is 4.46. The molecule has 6 nitrogen and oxygen atoms in total. The van der Waals surface area contributed by atoms with Crippen molar-refractivity contribution in [2.75, 3.05) is 19.8 Å². The van der Waals surface area contributed by atoms with Gasteiger partial charge in [0.1, 0.15) is 11.6 Å². The average Bonchev–Trinajstić information content (AvgIpc) is 2.89. The van der Waals surface area contributed by atoms with Crippen molar-refractivity contribution in [1.29, 1.82) is 0 Å². The Hall–Kier alpha value is -1.95. The average molecular weight is 278 g/mol. The molecule has 2 rings (SSSR count). The molecule has 1 aliphatic heterocycles. The zero-order valence-electron chi connectivity index (χ0n) is 11.6. The third kappa shape index (κ3) is 2.65. The molecule has 0 aromatic carbocycles. The zero-order chi connectivity index (χ0) is 14.7. The molecule has 20 heavy (non-hydrogen) atoms. The fourth-order valence-electron chi connectivity index (χ4n) is 2.46. The van der Waals surface area contributed by atoms with Crippen LogP contribution in [0.4, 0.5) is 0 Å². The van der Waals surface area contributed by atoms with E-state index in [1.165, 1.54) is 0 Å². The van der Waals surface area contributed by atoms with Gasteiger partial charge in [0.05, 0.1) is 19.3 Å². The lowest BCUT2D eigenvalue weighted by Crippen LogP contribution is -2.46. The van der Waals surface area contributed by atoms with Crippen molar-refractivity contribution in [1.82, 2.24) is 9.88 Å². The van der Waals surface area contributed by atoms with E-state index in [1.54, 1.807) is 17.2 Å². The van der Waals surface area contributed by atoms with Gasteiger partial charge >= 0.3 is 5.97 Å². The van der Waals surface area contributed by atoms with Gasteiger partial charge < -0.3 is 14.7 Å². The summed E-state index contributed by atoms with van der Waals surface area (Å²) in [6.07, 6.45) is 1.56. The Morgan fingerprint density at radius 2 is 2.25 bits per heavy atom. The van der Waals surface area contributed by atoms with Crippen LogP contribution in [-0.4, -0.2) is 52.7 Å². The van der Waals surface area contributed by atoms with Crippen LogP contribution in [0.25, 0.3) is 0 Å². The van der Waals surface area contributed by atoms with Crippen molar-refractivity contribution in [3.63, 3.8) is 0 Å². The van der Waals surface area contributed by atoms with Crippen molar-refractivity contribution in [3.8, 4) is 0 Å². The lowest BCUT2D eigenvalue weighted by Gasteiger charge is -2.29. The molecule has 0 spiro atoms. The van der Waals surface area contributed by atoms with Crippen LogP contribution in [0.3, 0.4) is 0 Å². The zero-order valence-corrected chi connectivity index (χ0v) is 11.6. The standard InChI is InChI=1S/C14H18N2O4/c1-3-16(11-8-20-7-10(11)14(18)19)13(17)12-9(2)5-4-6-15-12/h4-6,10-11H,3,7-8H2,1-2H3,(H,18,19). The molecule has 1 fully saturated rings. The van der Waals surface area contributed by atoms with Crippen LogP contribution in [-0.2, 0) is 9.53 Å². The highest BCUT2D eigenvalue weighted by Crippen LogP contribution is 2.22. The van der Waals surface area contributed by atoms with E-state index in [2.05, 4.69) is 4.98 Å². The van der Waals surface area contributed by atoms with Crippen molar-refractivity contribution < 1.29 is 19.4 Å². The van der Waals surface area contributed by atoms with Gasteiger partial charge in [-0.25, -0.2) is 0 Å². The summed E-state index contributed by atoms with van der Waals surface area (Å²) in [4.78, 5) is 29.4. The number of carboxylic acid groups (broad SMARTS) is 1. The van der Waals surface area contributed by atoms with E-state index in [9.17, 15) is 14.7 Å². The molecule has 1 aromatic rings. The second kappa shape index (κ2) is 6.00. The Kier molecular flexibility index (Phi) is 4.34. The lowest BCUT2D eigenvalue weighted by atomic mass is 10.0. The first-order chi connectivity index (χ1) is 9.56. The Morgan fingerprint density at radius 1 is 1.50 bits per heavy atom. The van der Waals surface area contributed by atoms with E-state index >= 15 is 0 Å². The van der Waals surface area contributed by atoms with E-state index in [1.807, 2.05) is 19.9 Å². The molecule has 1 saturated heterocycles. The van der Waals surface area contributed by atoms with Crippen LogP contribution in [0.5, 0.6) is 0 Å². The van der Waals surface area contributed by atoms with Gasteiger partial charge in [0.2, 0.25) is 0 Å². The number of carbonyl (C=O) groups excluding carboxylic acids is 1. The summed E-state index contributed by atoms with van der Waals surface area (Å²) in [5, 5.41) is 9.20. The predicted octanol–water partition coefficient (Wildman–Crippen LogP) is 0.952. The molecule has 2 atom stereocenters. The molecule has 1 aliphatic rings. The quantitative estimate of drug-likeness (QED) is 0.887. The number of hydrogen-bond donors (Lipinski definition) is 1. The molecule has 0 saturated carbocycles. The smallest absolute Gasteiger partial charge is 0.311 e. The number of amides is 1. The van der Waals surface area contributed by atoms with Gasteiger partial charge in [0.25, 0.3) is 5.91 Å². The van der Waals surface area contributed by atoms with Crippen LogP contribution in [0.2, 0.25) is 0 Å². The molecule has 0 radical (unpaired) electrons. The number of aryl methyl sites for hydroxylation is 1. The van der Waals surface area contributed by atoms with Crippen molar-refractivity contribution in [2.24, 2.45) is 5.92 Å². The number of hydrogen-bond acceptors (Lipinski definition) is 4. The van der Waals surface area contributed by atoms with Gasteiger partial charge in [-0.05, 0) is 25.5 Å². The van der Waals surface area contributed by atoms with Gasteiger partial charge in [0, 0.05) is 12.7 Å². The van der Waals surface area contributed by atoms with Crippen LogP contribution < -0.4 is 0 Å². The van der Waals surface area contributed by atoms with Crippen LogP contribution in [0.1, 0.15) is 23.0 Å². The normalized spacial score (nSPS) is 21.7. The van der Waals surface area contributed by atoms with E-state index in [0.717, 1.165) is 5.56 Å². The number of nitrogens with zero attached hydrogens (tertiary/aromatic N) is 2. The SMILES string of the molecule is CCN(C(=O)c1ncccc1C)C1COCC1C(=O)O. The molecule has 2 heterocycles. The first kappa shape index (κ1) is 14.5. The highest BCUT2D eigenvalue weighted by atomic mass is 16.5. The van der Waals surface area contributed by atoms with Crippen LogP contribution in [0.15, 0.2) is 18.3 Å². The molecule has 108 valence electrons. The molecule has 1 aromatic heterocycles.